The van der Waals surface area contributed by atoms with Crippen molar-refractivity contribution in [3.63, 3.8) is 0 Å². The van der Waals surface area contributed by atoms with E-state index in [-0.39, 0.29) is 17.3 Å². The van der Waals surface area contributed by atoms with Crippen LogP contribution in [0.1, 0.15) is 17.7 Å². The first-order valence-corrected chi connectivity index (χ1v) is 13.1. The first kappa shape index (κ1) is 24.7. The summed E-state index contributed by atoms with van der Waals surface area (Å²) >= 11 is 1.72. The van der Waals surface area contributed by atoms with Crippen LogP contribution < -0.4 is 14.4 Å². The van der Waals surface area contributed by atoms with E-state index in [2.05, 4.69) is 5.32 Å². The number of nitrogens with one attached hydrogen (secondary N) is 1. The molecule has 1 N–H and O–H groups in total. The van der Waals surface area contributed by atoms with Crippen molar-refractivity contribution in [1.29, 1.82) is 0 Å². The Bertz CT molecular complexity index is 1110. The molecule has 3 rings (SSSR count). The predicted molar refractivity (Wildman–Crippen MR) is 131 cm³/mol. The molecule has 1 aromatic heterocycles. The van der Waals surface area contributed by atoms with Gasteiger partial charge >= 0.3 is 0 Å². The second kappa shape index (κ2) is 11.8. The Labute approximate surface area is 199 Å². The average Bonchev–Trinajstić information content (AvgIpc) is 3.34. The maximum atomic E-state index is 13.4. The highest BCUT2D eigenvalue weighted by Crippen LogP contribution is 2.25. The number of benzene rings is 2. The minimum Gasteiger partial charge on any atom is -0.497 e. The van der Waals surface area contributed by atoms with Crippen LogP contribution in [0.3, 0.4) is 0 Å². The van der Waals surface area contributed by atoms with E-state index in [0.29, 0.717) is 18.0 Å². The van der Waals surface area contributed by atoms with E-state index >= 15 is 0 Å². The van der Waals surface area contributed by atoms with Gasteiger partial charge in [0, 0.05) is 6.54 Å². The number of carbonyl (C=O) groups excluding carboxylic acids is 1. The molecular weight excluding hydrogens is 460 g/mol. The van der Waals surface area contributed by atoms with Crippen LogP contribution in [0.2, 0.25) is 0 Å². The first-order valence-electron chi connectivity index (χ1n) is 10.5. The monoisotopic (exact) mass is 488 g/mol. The van der Waals surface area contributed by atoms with Crippen molar-refractivity contribution >= 4 is 33.4 Å². The molecule has 0 saturated heterocycles. The van der Waals surface area contributed by atoms with Crippen molar-refractivity contribution in [3.05, 3.63) is 78.3 Å². The molecule has 1 heterocycles. The van der Waals surface area contributed by atoms with E-state index in [1.165, 1.54) is 19.2 Å². The summed E-state index contributed by atoms with van der Waals surface area (Å²) in [6, 6.07) is 17.0. The Morgan fingerprint density at radius 1 is 1.09 bits per heavy atom. The number of aryl methyl sites for hydroxylation is 1. The van der Waals surface area contributed by atoms with E-state index in [1.807, 2.05) is 31.2 Å². The van der Waals surface area contributed by atoms with Crippen LogP contribution in [-0.4, -0.2) is 40.3 Å². The highest BCUT2D eigenvalue weighted by Gasteiger charge is 2.27. The summed E-state index contributed by atoms with van der Waals surface area (Å²) in [5.74, 6) is 2.75. The largest absolute Gasteiger partial charge is 0.497 e. The number of thioether (sulfide) groups is 1. The van der Waals surface area contributed by atoms with E-state index in [4.69, 9.17) is 9.15 Å². The standard InChI is InChI=1S/C24H28N2O5S2/c1-19-6-8-20(9-7-19)26(33(28,29)23-12-10-21(30-2)11-13-23)17-24(27)25-14-4-16-32-18-22-5-3-15-31-22/h3,5-13,15H,4,14,16-18H2,1-2H3,(H,25,27). The SMILES string of the molecule is COc1ccc(S(=O)(=O)N(CC(=O)NCCCSCc2ccco2)c2ccc(C)cc2)cc1. The minimum atomic E-state index is -3.95. The molecule has 0 atom stereocenters. The molecule has 0 aliphatic heterocycles. The molecule has 7 nitrogen and oxygen atoms in total. The van der Waals surface area contributed by atoms with Gasteiger partial charge in [0.05, 0.1) is 29.7 Å². The quantitative estimate of drug-likeness (QED) is 0.384. The smallest absolute Gasteiger partial charge is 0.264 e. The van der Waals surface area contributed by atoms with E-state index in [1.54, 1.807) is 42.3 Å². The first-order chi connectivity index (χ1) is 15.9. The number of anilines is 1. The lowest BCUT2D eigenvalue weighted by molar-refractivity contribution is -0.119. The van der Waals surface area contributed by atoms with Crippen LogP contribution in [0.4, 0.5) is 5.69 Å². The van der Waals surface area contributed by atoms with E-state index < -0.39 is 10.0 Å². The second-order valence-electron chi connectivity index (χ2n) is 7.36. The van der Waals surface area contributed by atoms with Gasteiger partial charge in [-0.25, -0.2) is 8.42 Å². The lowest BCUT2D eigenvalue weighted by Gasteiger charge is -2.24. The number of furan rings is 1. The third-order valence-corrected chi connectivity index (χ3v) is 7.72. The van der Waals surface area contributed by atoms with Gasteiger partial charge in [-0.2, -0.15) is 11.8 Å². The molecular formula is C24H28N2O5S2. The van der Waals surface area contributed by atoms with Crippen molar-refractivity contribution in [1.82, 2.24) is 5.32 Å². The second-order valence-corrected chi connectivity index (χ2v) is 10.3. The predicted octanol–water partition coefficient (Wildman–Crippen LogP) is 4.23. The van der Waals surface area contributed by atoms with E-state index in [0.717, 1.165) is 33.6 Å². The molecule has 0 spiro atoms. The number of sulfonamides is 1. The van der Waals surface area contributed by atoms with Crippen LogP contribution in [0.5, 0.6) is 5.75 Å². The molecule has 0 fully saturated rings. The summed E-state index contributed by atoms with van der Waals surface area (Å²) < 4.78 is 38.3. The topological polar surface area (TPSA) is 88.9 Å². The zero-order valence-electron chi connectivity index (χ0n) is 18.7. The highest BCUT2D eigenvalue weighted by molar-refractivity contribution is 7.98. The van der Waals surface area contributed by atoms with Crippen molar-refractivity contribution in [3.8, 4) is 5.75 Å². The van der Waals surface area contributed by atoms with Gasteiger partial charge in [-0.15, -0.1) is 0 Å². The molecule has 2 aromatic carbocycles. The van der Waals surface area contributed by atoms with Gasteiger partial charge in [-0.05, 0) is 67.6 Å². The number of rotatable bonds is 12. The van der Waals surface area contributed by atoms with Crippen molar-refractivity contribution in [2.24, 2.45) is 0 Å². The fourth-order valence-corrected chi connectivity index (χ4v) is 5.34. The number of carbonyl (C=O) groups is 1. The van der Waals surface area contributed by atoms with Crippen molar-refractivity contribution in [2.45, 2.75) is 24.0 Å². The molecule has 9 heteroatoms. The van der Waals surface area contributed by atoms with Crippen molar-refractivity contribution < 1.29 is 22.4 Å². The summed E-state index contributed by atoms with van der Waals surface area (Å²) in [5.41, 5.74) is 1.43. The summed E-state index contributed by atoms with van der Waals surface area (Å²) in [4.78, 5) is 12.7. The highest BCUT2D eigenvalue weighted by atomic mass is 32.2. The molecule has 0 aliphatic rings. The summed E-state index contributed by atoms with van der Waals surface area (Å²) in [7, 11) is -2.43. The zero-order chi connectivity index (χ0) is 23.7. The van der Waals surface area contributed by atoms with Crippen LogP contribution in [-0.2, 0) is 20.6 Å². The lowest BCUT2D eigenvalue weighted by atomic mass is 10.2. The Kier molecular flexibility index (Phi) is 8.85. The average molecular weight is 489 g/mol. The van der Waals surface area contributed by atoms with Gasteiger partial charge in [0.15, 0.2) is 0 Å². The van der Waals surface area contributed by atoms with E-state index in [9.17, 15) is 13.2 Å². The Balaban J connectivity index is 1.62. The van der Waals surface area contributed by atoms with Gasteiger partial charge in [-0.1, -0.05) is 17.7 Å². The molecule has 0 aliphatic carbocycles. The summed E-state index contributed by atoms with van der Waals surface area (Å²) in [6.07, 6.45) is 2.42. The molecule has 1 amide bonds. The number of methoxy groups -OCH3 is 1. The normalized spacial score (nSPS) is 11.2. The molecule has 3 aromatic rings. The van der Waals surface area contributed by atoms with Crippen LogP contribution in [0.25, 0.3) is 0 Å². The number of ether oxygens (including phenoxy) is 1. The fourth-order valence-electron chi connectivity index (χ4n) is 3.06. The number of nitrogens with zero attached hydrogens (tertiary/aromatic N) is 1. The maximum Gasteiger partial charge on any atom is 0.264 e. The molecule has 0 bridgehead atoms. The lowest BCUT2D eigenvalue weighted by Crippen LogP contribution is -2.41. The third kappa shape index (κ3) is 7.03. The van der Waals surface area contributed by atoms with Gasteiger partial charge in [-0.3, -0.25) is 9.10 Å². The molecule has 176 valence electrons. The maximum absolute atomic E-state index is 13.4. The number of hydrogen-bond donors (Lipinski definition) is 1. The molecule has 0 unspecified atom stereocenters. The fraction of sp³-hybridized carbons (Fsp3) is 0.292. The summed E-state index contributed by atoms with van der Waals surface area (Å²) in [6.45, 7) is 2.08. The van der Waals surface area contributed by atoms with Crippen LogP contribution in [0.15, 0.2) is 76.2 Å². The number of amides is 1. The molecule has 0 saturated carbocycles. The Morgan fingerprint density at radius 2 is 1.82 bits per heavy atom. The Hall–Kier alpha value is -2.91. The van der Waals surface area contributed by atoms with Crippen molar-refractivity contribution in [2.75, 3.05) is 30.3 Å². The zero-order valence-corrected chi connectivity index (χ0v) is 20.3. The molecule has 33 heavy (non-hydrogen) atoms. The Morgan fingerprint density at radius 3 is 2.45 bits per heavy atom. The number of hydrogen-bond acceptors (Lipinski definition) is 6. The summed E-state index contributed by atoms with van der Waals surface area (Å²) in [5, 5.41) is 2.83. The van der Waals surface area contributed by atoms with Crippen LogP contribution in [0, 0.1) is 6.92 Å². The van der Waals surface area contributed by atoms with Gasteiger partial charge < -0.3 is 14.5 Å². The van der Waals surface area contributed by atoms with Gasteiger partial charge in [0.2, 0.25) is 5.91 Å². The third-order valence-electron chi connectivity index (χ3n) is 4.87. The van der Waals surface area contributed by atoms with Crippen LogP contribution >= 0.6 is 11.8 Å². The van der Waals surface area contributed by atoms with Gasteiger partial charge in [0.25, 0.3) is 10.0 Å². The van der Waals surface area contributed by atoms with Gasteiger partial charge in [0.1, 0.15) is 18.1 Å². The minimum absolute atomic E-state index is 0.0889. The molecule has 0 radical (unpaired) electrons.